The van der Waals surface area contributed by atoms with Crippen LogP contribution in [0.25, 0.3) is 0 Å². The van der Waals surface area contributed by atoms with E-state index in [9.17, 15) is 18.4 Å². The van der Waals surface area contributed by atoms with Crippen LogP contribution in [0.15, 0.2) is 18.2 Å². The van der Waals surface area contributed by atoms with Crippen LogP contribution < -0.4 is 10.6 Å². The smallest absolute Gasteiger partial charge is 0.235 e. The Morgan fingerprint density at radius 2 is 1.83 bits per heavy atom. The molecule has 2 amide bonds. The lowest BCUT2D eigenvalue weighted by molar-refractivity contribution is -0.150. The fourth-order valence-electron chi connectivity index (χ4n) is 3.09. The lowest BCUT2D eigenvalue weighted by Gasteiger charge is -2.39. The molecule has 0 aliphatic heterocycles. The summed E-state index contributed by atoms with van der Waals surface area (Å²) >= 11 is 0. The van der Waals surface area contributed by atoms with Crippen molar-refractivity contribution in [2.45, 2.75) is 57.5 Å². The second kappa shape index (κ2) is 6.49. The zero-order chi connectivity index (χ0) is 17.3. The van der Waals surface area contributed by atoms with Gasteiger partial charge >= 0.3 is 0 Å². The van der Waals surface area contributed by atoms with Gasteiger partial charge in [-0.05, 0) is 51.2 Å². The van der Waals surface area contributed by atoms with Crippen molar-refractivity contribution in [3.63, 3.8) is 0 Å². The third kappa shape index (κ3) is 3.28. The molecule has 0 saturated heterocycles. The summed E-state index contributed by atoms with van der Waals surface area (Å²) in [5.74, 6) is -1.80. The van der Waals surface area contributed by atoms with Gasteiger partial charge in [-0.1, -0.05) is 12.5 Å². The second-order valence-electron chi connectivity index (χ2n) is 6.96. The molecule has 0 bridgehead atoms. The van der Waals surface area contributed by atoms with Gasteiger partial charge in [0.15, 0.2) is 0 Å². The molecule has 24 heavy (non-hydrogen) atoms. The van der Waals surface area contributed by atoms with Crippen LogP contribution >= 0.6 is 0 Å². The summed E-state index contributed by atoms with van der Waals surface area (Å²) < 4.78 is 27.4. The van der Waals surface area contributed by atoms with E-state index in [1.54, 1.807) is 6.92 Å². The number of carbonyl (C=O) groups excluding carboxylic acids is 2. The maximum Gasteiger partial charge on any atom is 0.235 e. The maximum atomic E-state index is 13.7. The number of hydrogen-bond donors (Lipinski definition) is 2. The van der Waals surface area contributed by atoms with Gasteiger partial charge in [0.25, 0.3) is 0 Å². The zero-order valence-electron chi connectivity index (χ0n) is 13.7. The summed E-state index contributed by atoms with van der Waals surface area (Å²) in [6.45, 7) is 1.69. The lowest BCUT2D eigenvalue weighted by atomic mass is 9.67. The molecule has 0 unspecified atom stereocenters. The van der Waals surface area contributed by atoms with E-state index in [4.69, 9.17) is 0 Å². The van der Waals surface area contributed by atoms with Crippen molar-refractivity contribution in [1.82, 2.24) is 10.6 Å². The van der Waals surface area contributed by atoms with Gasteiger partial charge in [-0.15, -0.1) is 0 Å². The fourth-order valence-corrected chi connectivity index (χ4v) is 3.09. The van der Waals surface area contributed by atoms with Gasteiger partial charge < -0.3 is 10.6 Å². The topological polar surface area (TPSA) is 58.2 Å². The summed E-state index contributed by atoms with van der Waals surface area (Å²) in [6.07, 6.45) is 3.86. The average molecular weight is 336 g/mol. The highest BCUT2D eigenvalue weighted by Gasteiger charge is 2.51. The van der Waals surface area contributed by atoms with E-state index in [1.807, 2.05) is 0 Å². The molecule has 0 radical (unpaired) electrons. The van der Waals surface area contributed by atoms with Gasteiger partial charge in [-0.3, -0.25) is 9.59 Å². The standard InChI is InChI=1S/C18H22F2N2O2/c1-11(10-13-14(19)4-2-5-15(13)20)21-16(23)18(8-3-9-18)17(24)22-12-6-7-12/h2,4-5,11-12H,3,6-10H2,1H3,(H,21,23)(H,22,24)/t11-/m0/s1. The van der Waals surface area contributed by atoms with Crippen LogP contribution in [0.1, 0.15) is 44.6 Å². The van der Waals surface area contributed by atoms with E-state index in [1.165, 1.54) is 18.2 Å². The molecular formula is C18H22F2N2O2. The van der Waals surface area contributed by atoms with Crippen molar-refractivity contribution >= 4 is 11.8 Å². The van der Waals surface area contributed by atoms with Crippen molar-refractivity contribution in [2.24, 2.45) is 5.41 Å². The summed E-state index contributed by atoms with van der Waals surface area (Å²) in [5.41, 5.74) is -1.06. The number of halogens is 2. The van der Waals surface area contributed by atoms with Crippen LogP contribution in [0.3, 0.4) is 0 Å². The van der Waals surface area contributed by atoms with E-state index >= 15 is 0 Å². The van der Waals surface area contributed by atoms with Gasteiger partial charge in [-0.2, -0.15) is 0 Å². The Labute approximate surface area is 140 Å². The van der Waals surface area contributed by atoms with Crippen LogP contribution in [0, 0.1) is 17.0 Å². The summed E-state index contributed by atoms with van der Waals surface area (Å²) in [6, 6.07) is 3.44. The Morgan fingerprint density at radius 3 is 2.33 bits per heavy atom. The zero-order valence-corrected chi connectivity index (χ0v) is 13.7. The fraction of sp³-hybridized carbons (Fsp3) is 0.556. The van der Waals surface area contributed by atoms with Crippen LogP contribution in [0.2, 0.25) is 0 Å². The van der Waals surface area contributed by atoms with Gasteiger partial charge in [0.05, 0.1) is 0 Å². The predicted molar refractivity (Wildman–Crippen MR) is 85.1 cm³/mol. The summed E-state index contributed by atoms with van der Waals surface area (Å²) in [4.78, 5) is 25.0. The number of hydrogen-bond acceptors (Lipinski definition) is 2. The molecule has 0 spiro atoms. The first-order valence-corrected chi connectivity index (χ1v) is 8.47. The molecule has 6 heteroatoms. The minimum atomic E-state index is -1.01. The first-order valence-electron chi connectivity index (χ1n) is 8.47. The minimum Gasteiger partial charge on any atom is -0.352 e. The molecule has 1 aromatic rings. The second-order valence-corrected chi connectivity index (χ2v) is 6.96. The molecule has 0 aromatic heterocycles. The molecule has 4 nitrogen and oxygen atoms in total. The molecule has 130 valence electrons. The third-order valence-electron chi connectivity index (χ3n) is 4.94. The Kier molecular flexibility index (Phi) is 4.56. The molecule has 3 rings (SSSR count). The van der Waals surface area contributed by atoms with Crippen molar-refractivity contribution in [1.29, 1.82) is 0 Å². The molecule has 2 fully saturated rings. The average Bonchev–Trinajstić information content (AvgIpc) is 3.25. The SMILES string of the molecule is C[C@@H](Cc1c(F)cccc1F)NC(=O)C1(C(=O)NC2CC2)CCC1. The number of nitrogens with one attached hydrogen (secondary N) is 2. The van der Waals surface area contributed by atoms with Crippen LogP contribution in [0.5, 0.6) is 0 Å². The molecule has 0 heterocycles. The van der Waals surface area contributed by atoms with E-state index in [-0.39, 0.29) is 29.8 Å². The highest BCUT2D eigenvalue weighted by atomic mass is 19.1. The quantitative estimate of drug-likeness (QED) is 0.784. The first-order chi connectivity index (χ1) is 11.4. The Balaban J connectivity index is 1.63. The van der Waals surface area contributed by atoms with Crippen molar-refractivity contribution in [2.75, 3.05) is 0 Å². The van der Waals surface area contributed by atoms with Gasteiger partial charge in [0, 0.05) is 17.6 Å². The number of benzene rings is 1. The Bertz CT molecular complexity index is 634. The maximum absolute atomic E-state index is 13.7. The van der Waals surface area contributed by atoms with E-state index in [0.717, 1.165) is 19.3 Å². The highest BCUT2D eigenvalue weighted by Crippen LogP contribution is 2.42. The molecule has 2 saturated carbocycles. The minimum absolute atomic E-state index is 0.0459. The first kappa shape index (κ1) is 16.9. The lowest BCUT2D eigenvalue weighted by Crippen LogP contribution is -2.57. The number of amides is 2. The largest absolute Gasteiger partial charge is 0.352 e. The monoisotopic (exact) mass is 336 g/mol. The van der Waals surface area contributed by atoms with Crippen LogP contribution in [-0.2, 0) is 16.0 Å². The molecular weight excluding hydrogens is 314 g/mol. The number of carbonyl (C=O) groups is 2. The van der Waals surface area contributed by atoms with Gasteiger partial charge in [0.2, 0.25) is 11.8 Å². The highest BCUT2D eigenvalue weighted by molar-refractivity contribution is 6.06. The third-order valence-corrected chi connectivity index (χ3v) is 4.94. The summed E-state index contributed by atoms with van der Waals surface area (Å²) in [7, 11) is 0. The predicted octanol–water partition coefficient (Wildman–Crippen LogP) is 2.46. The normalized spacial score (nSPS) is 20.0. The van der Waals surface area contributed by atoms with E-state index in [2.05, 4.69) is 10.6 Å². The summed E-state index contributed by atoms with van der Waals surface area (Å²) in [5, 5.41) is 5.67. The van der Waals surface area contributed by atoms with Gasteiger partial charge in [0.1, 0.15) is 17.0 Å². The van der Waals surface area contributed by atoms with Crippen molar-refractivity contribution in [3.05, 3.63) is 35.4 Å². The van der Waals surface area contributed by atoms with Crippen molar-refractivity contribution < 1.29 is 18.4 Å². The van der Waals surface area contributed by atoms with Crippen LogP contribution in [-0.4, -0.2) is 23.9 Å². The Hall–Kier alpha value is -1.98. The van der Waals surface area contributed by atoms with Gasteiger partial charge in [-0.25, -0.2) is 8.78 Å². The molecule has 2 aliphatic carbocycles. The molecule has 2 aliphatic rings. The van der Waals surface area contributed by atoms with Crippen LogP contribution in [0.4, 0.5) is 8.78 Å². The van der Waals surface area contributed by atoms with E-state index in [0.29, 0.717) is 12.8 Å². The van der Waals surface area contributed by atoms with Crippen molar-refractivity contribution in [3.8, 4) is 0 Å². The Morgan fingerprint density at radius 1 is 1.21 bits per heavy atom. The molecule has 1 atom stereocenters. The number of rotatable bonds is 6. The molecule has 2 N–H and O–H groups in total. The molecule has 1 aromatic carbocycles. The van der Waals surface area contributed by atoms with E-state index < -0.39 is 23.1 Å².